The molecule has 1 aromatic carbocycles. The molecule has 2 aromatic rings. The molecule has 0 aliphatic carbocycles. The molecular formula is C15H19NO2S. The fourth-order valence-corrected chi connectivity index (χ4v) is 2.93. The average Bonchev–Trinajstić information content (AvgIpc) is 2.88. The van der Waals surface area contributed by atoms with Crippen LogP contribution in [-0.4, -0.2) is 23.2 Å². The largest absolute Gasteiger partial charge is 0.388 e. The maximum atomic E-state index is 12.2. The molecule has 1 heterocycles. The highest BCUT2D eigenvalue weighted by Crippen LogP contribution is 2.25. The first-order chi connectivity index (χ1) is 9.09. The summed E-state index contributed by atoms with van der Waals surface area (Å²) in [6.45, 7) is 4.15. The van der Waals surface area contributed by atoms with Crippen LogP contribution in [-0.2, 0) is 0 Å². The third-order valence-corrected chi connectivity index (χ3v) is 4.58. The first kappa shape index (κ1) is 14.0. The molecule has 0 saturated heterocycles. The van der Waals surface area contributed by atoms with E-state index in [1.807, 2.05) is 43.5 Å². The molecule has 0 saturated carbocycles. The summed E-state index contributed by atoms with van der Waals surface area (Å²) in [4.78, 5) is 12.2. The topological polar surface area (TPSA) is 49.3 Å². The SMILES string of the molecule is CCC(O)(CC)CNC(=O)c1csc2ccccc12. The van der Waals surface area contributed by atoms with Crippen molar-refractivity contribution >= 4 is 27.3 Å². The average molecular weight is 277 g/mol. The number of hydrogen-bond donors (Lipinski definition) is 2. The summed E-state index contributed by atoms with van der Waals surface area (Å²) in [6, 6.07) is 7.85. The number of benzene rings is 1. The lowest BCUT2D eigenvalue weighted by Crippen LogP contribution is -2.41. The summed E-state index contributed by atoms with van der Waals surface area (Å²) in [7, 11) is 0. The van der Waals surface area contributed by atoms with Crippen LogP contribution in [0.5, 0.6) is 0 Å². The summed E-state index contributed by atoms with van der Waals surface area (Å²) in [5, 5.41) is 15.9. The van der Waals surface area contributed by atoms with Crippen molar-refractivity contribution in [1.82, 2.24) is 5.32 Å². The third kappa shape index (κ3) is 2.96. The molecule has 19 heavy (non-hydrogen) atoms. The summed E-state index contributed by atoms with van der Waals surface area (Å²) in [5.74, 6) is -0.113. The second-order valence-electron chi connectivity index (χ2n) is 4.76. The number of rotatable bonds is 5. The number of hydrogen-bond acceptors (Lipinski definition) is 3. The van der Waals surface area contributed by atoms with Gasteiger partial charge in [0.2, 0.25) is 0 Å². The first-order valence-corrected chi connectivity index (χ1v) is 7.44. The van der Waals surface area contributed by atoms with Gasteiger partial charge in [-0.2, -0.15) is 0 Å². The molecule has 0 radical (unpaired) electrons. The molecule has 4 heteroatoms. The van der Waals surface area contributed by atoms with Crippen LogP contribution in [0.1, 0.15) is 37.0 Å². The highest BCUT2D eigenvalue weighted by molar-refractivity contribution is 7.17. The van der Waals surface area contributed by atoms with Gasteiger partial charge in [-0.15, -0.1) is 11.3 Å². The molecule has 0 bridgehead atoms. The van der Waals surface area contributed by atoms with E-state index < -0.39 is 5.60 Å². The molecule has 0 spiro atoms. The van der Waals surface area contributed by atoms with Crippen LogP contribution in [0.15, 0.2) is 29.6 Å². The molecule has 1 aromatic heterocycles. The molecular weight excluding hydrogens is 258 g/mol. The van der Waals surface area contributed by atoms with Gasteiger partial charge in [-0.3, -0.25) is 4.79 Å². The van der Waals surface area contributed by atoms with E-state index in [2.05, 4.69) is 5.32 Å². The Morgan fingerprint density at radius 1 is 1.32 bits per heavy atom. The summed E-state index contributed by atoms with van der Waals surface area (Å²) in [5.41, 5.74) is -0.114. The van der Waals surface area contributed by atoms with Crippen LogP contribution in [0.3, 0.4) is 0 Å². The molecule has 102 valence electrons. The number of fused-ring (bicyclic) bond motifs is 1. The fraction of sp³-hybridized carbons (Fsp3) is 0.400. The Labute approximate surface area is 117 Å². The minimum absolute atomic E-state index is 0.113. The summed E-state index contributed by atoms with van der Waals surface area (Å²) in [6.07, 6.45) is 1.27. The second-order valence-corrected chi connectivity index (χ2v) is 5.67. The van der Waals surface area contributed by atoms with Crippen molar-refractivity contribution in [2.24, 2.45) is 0 Å². The van der Waals surface area contributed by atoms with Gasteiger partial charge in [-0.1, -0.05) is 32.0 Å². The van der Waals surface area contributed by atoms with Crippen molar-refractivity contribution in [1.29, 1.82) is 0 Å². The molecule has 1 amide bonds. The van der Waals surface area contributed by atoms with E-state index in [0.717, 1.165) is 10.1 Å². The Morgan fingerprint density at radius 3 is 2.68 bits per heavy atom. The van der Waals surface area contributed by atoms with Crippen molar-refractivity contribution < 1.29 is 9.90 Å². The van der Waals surface area contributed by atoms with E-state index in [9.17, 15) is 9.90 Å². The van der Waals surface area contributed by atoms with Gasteiger partial charge in [0.05, 0.1) is 11.2 Å². The highest BCUT2D eigenvalue weighted by atomic mass is 32.1. The Morgan fingerprint density at radius 2 is 2.00 bits per heavy atom. The molecule has 2 N–H and O–H groups in total. The number of carbonyl (C=O) groups excluding carboxylic acids is 1. The predicted octanol–water partition coefficient (Wildman–Crippen LogP) is 3.18. The number of nitrogens with one attached hydrogen (secondary N) is 1. The van der Waals surface area contributed by atoms with Gasteiger partial charge in [0.25, 0.3) is 5.91 Å². The zero-order chi connectivity index (χ0) is 13.9. The molecule has 0 unspecified atom stereocenters. The second kappa shape index (κ2) is 5.72. The number of aliphatic hydroxyl groups is 1. The molecule has 0 aliphatic heterocycles. The molecule has 0 atom stereocenters. The predicted molar refractivity (Wildman–Crippen MR) is 79.7 cm³/mol. The Bertz CT molecular complexity index is 572. The lowest BCUT2D eigenvalue weighted by molar-refractivity contribution is 0.0314. The normalized spacial score (nSPS) is 11.7. The van der Waals surface area contributed by atoms with Crippen molar-refractivity contribution in [2.45, 2.75) is 32.3 Å². The van der Waals surface area contributed by atoms with Crippen LogP contribution < -0.4 is 5.32 Å². The van der Waals surface area contributed by atoms with Crippen molar-refractivity contribution in [3.8, 4) is 0 Å². The number of carbonyl (C=O) groups is 1. The third-order valence-electron chi connectivity index (χ3n) is 3.62. The molecule has 0 aliphatic rings. The smallest absolute Gasteiger partial charge is 0.252 e. The number of thiophene rings is 1. The zero-order valence-electron chi connectivity index (χ0n) is 11.3. The monoisotopic (exact) mass is 277 g/mol. The van der Waals surface area contributed by atoms with Crippen molar-refractivity contribution in [3.05, 3.63) is 35.2 Å². The Hall–Kier alpha value is -1.39. The van der Waals surface area contributed by atoms with Gasteiger partial charge >= 0.3 is 0 Å². The van der Waals surface area contributed by atoms with Crippen LogP contribution in [0, 0.1) is 0 Å². The van der Waals surface area contributed by atoms with E-state index in [-0.39, 0.29) is 5.91 Å². The van der Waals surface area contributed by atoms with E-state index in [1.165, 1.54) is 0 Å². The maximum absolute atomic E-state index is 12.2. The lowest BCUT2D eigenvalue weighted by Gasteiger charge is -2.25. The minimum atomic E-state index is -0.804. The van der Waals surface area contributed by atoms with Gasteiger partial charge in [0, 0.05) is 22.0 Å². The first-order valence-electron chi connectivity index (χ1n) is 6.56. The molecule has 3 nitrogen and oxygen atoms in total. The minimum Gasteiger partial charge on any atom is -0.388 e. The standard InChI is InChI=1S/C15H19NO2S/c1-3-15(18,4-2)10-16-14(17)12-9-19-13-8-6-5-7-11(12)13/h5-9,18H,3-4,10H2,1-2H3,(H,16,17). The van der Waals surface area contributed by atoms with E-state index >= 15 is 0 Å². The van der Waals surface area contributed by atoms with Gasteiger partial charge in [-0.05, 0) is 18.9 Å². The van der Waals surface area contributed by atoms with Gasteiger partial charge in [0.15, 0.2) is 0 Å². The van der Waals surface area contributed by atoms with Crippen molar-refractivity contribution in [2.75, 3.05) is 6.54 Å². The maximum Gasteiger partial charge on any atom is 0.252 e. The summed E-state index contributed by atoms with van der Waals surface area (Å²) >= 11 is 1.56. The molecule has 2 rings (SSSR count). The van der Waals surface area contributed by atoms with Crippen LogP contribution in [0.2, 0.25) is 0 Å². The number of amides is 1. The lowest BCUT2D eigenvalue weighted by atomic mass is 9.97. The summed E-state index contributed by atoms with van der Waals surface area (Å²) < 4.78 is 1.11. The van der Waals surface area contributed by atoms with Gasteiger partial charge < -0.3 is 10.4 Å². The van der Waals surface area contributed by atoms with Crippen LogP contribution >= 0.6 is 11.3 Å². The zero-order valence-corrected chi connectivity index (χ0v) is 12.1. The Kier molecular flexibility index (Phi) is 4.22. The van der Waals surface area contributed by atoms with Crippen molar-refractivity contribution in [3.63, 3.8) is 0 Å². The highest BCUT2D eigenvalue weighted by Gasteiger charge is 2.23. The van der Waals surface area contributed by atoms with E-state index in [4.69, 9.17) is 0 Å². The quantitative estimate of drug-likeness (QED) is 0.882. The van der Waals surface area contributed by atoms with E-state index in [0.29, 0.717) is 24.9 Å². The van der Waals surface area contributed by atoms with Gasteiger partial charge in [-0.25, -0.2) is 0 Å². The fourth-order valence-electron chi connectivity index (χ4n) is 1.99. The molecule has 0 fully saturated rings. The van der Waals surface area contributed by atoms with E-state index in [1.54, 1.807) is 11.3 Å². The van der Waals surface area contributed by atoms with Crippen LogP contribution in [0.4, 0.5) is 0 Å². The Balaban J connectivity index is 2.12. The van der Waals surface area contributed by atoms with Gasteiger partial charge in [0.1, 0.15) is 0 Å². The van der Waals surface area contributed by atoms with Crippen LogP contribution in [0.25, 0.3) is 10.1 Å².